The summed E-state index contributed by atoms with van der Waals surface area (Å²) in [5.41, 5.74) is 2.81. The summed E-state index contributed by atoms with van der Waals surface area (Å²) in [4.78, 5) is 0. The fraction of sp³-hybridized carbons (Fsp3) is 0.636. The number of hydrogen-bond donors (Lipinski definition) is 2. The third kappa shape index (κ3) is 2.74. The van der Waals surface area contributed by atoms with Gasteiger partial charge in [-0.05, 0) is 36.1 Å². The Morgan fingerprint density at radius 3 is 2.73 bits per heavy atom. The van der Waals surface area contributed by atoms with E-state index in [4.69, 9.17) is 21.9 Å². The van der Waals surface area contributed by atoms with Gasteiger partial charge in [0.25, 0.3) is 0 Å². The first-order chi connectivity index (χ1) is 7.29. The van der Waals surface area contributed by atoms with E-state index >= 15 is 0 Å². The number of nitrogens with one attached hydrogen (secondary N) is 1. The summed E-state index contributed by atoms with van der Waals surface area (Å²) in [6.07, 6.45) is 6.36. The molecule has 1 aliphatic rings. The summed E-state index contributed by atoms with van der Waals surface area (Å²) >= 11 is 5.74. The molecule has 0 amide bonds. The van der Waals surface area contributed by atoms with E-state index in [1.807, 2.05) is 6.07 Å². The van der Waals surface area contributed by atoms with Crippen molar-refractivity contribution >= 4 is 11.6 Å². The van der Waals surface area contributed by atoms with E-state index in [1.165, 1.54) is 25.7 Å². The van der Waals surface area contributed by atoms with Crippen LogP contribution in [0, 0.1) is 5.92 Å². The summed E-state index contributed by atoms with van der Waals surface area (Å²) in [7, 11) is 0. The minimum absolute atomic E-state index is 0.0978. The Hall–Kier alpha value is -0.510. The number of hydrazine groups is 1. The molecule has 1 fully saturated rings. The maximum Gasteiger partial charge on any atom is 0.193 e. The number of rotatable bonds is 4. The predicted molar refractivity (Wildman–Crippen MR) is 60.4 cm³/mol. The molecule has 1 atom stereocenters. The standard InChI is InChI=1S/C11H17ClN2O/c12-11-6-5-10(15-11)9(14-13)7-8-3-1-2-4-8/h5-6,8-9,14H,1-4,7,13H2. The van der Waals surface area contributed by atoms with Crippen molar-refractivity contribution in [2.75, 3.05) is 0 Å². The highest BCUT2D eigenvalue weighted by Gasteiger charge is 2.22. The van der Waals surface area contributed by atoms with Crippen LogP contribution >= 0.6 is 11.6 Å². The monoisotopic (exact) mass is 228 g/mol. The molecule has 1 unspecified atom stereocenters. The molecular weight excluding hydrogens is 212 g/mol. The van der Waals surface area contributed by atoms with E-state index in [-0.39, 0.29) is 6.04 Å². The summed E-state index contributed by atoms with van der Waals surface area (Å²) < 4.78 is 5.37. The van der Waals surface area contributed by atoms with Crippen molar-refractivity contribution < 1.29 is 4.42 Å². The average Bonchev–Trinajstić information content (AvgIpc) is 2.85. The Labute approximate surface area is 94.9 Å². The van der Waals surface area contributed by atoms with Crippen LogP contribution in [0.15, 0.2) is 16.5 Å². The van der Waals surface area contributed by atoms with Crippen molar-refractivity contribution in [3.05, 3.63) is 23.1 Å². The lowest BCUT2D eigenvalue weighted by Crippen LogP contribution is -2.29. The zero-order chi connectivity index (χ0) is 10.7. The van der Waals surface area contributed by atoms with Gasteiger partial charge in [0.15, 0.2) is 5.22 Å². The molecule has 1 aromatic rings. The van der Waals surface area contributed by atoms with Gasteiger partial charge < -0.3 is 4.42 Å². The van der Waals surface area contributed by atoms with Crippen LogP contribution in [0.25, 0.3) is 0 Å². The molecule has 0 bridgehead atoms. The smallest absolute Gasteiger partial charge is 0.193 e. The van der Waals surface area contributed by atoms with E-state index in [2.05, 4.69) is 5.43 Å². The molecule has 1 saturated carbocycles. The van der Waals surface area contributed by atoms with Crippen molar-refractivity contribution in [3.8, 4) is 0 Å². The number of furan rings is 1. The van der Waals surface area contributed by atoms with E-state index in [1.54, 1.807) is 6.07 Å². The molecule has 84 valence electrons. The molecule has 3 N–H and O–H groups in total. The molecule has 0 aliphatic heterocycles. The van der Waals surface area contributed by atoms with Crippen LogP contribution in [0.1, 0.15) is 43.9 Å². The average molecular weight is 229 g/mol. The largest absolute Gasteiger partial charge is 0.448 e. The highest BCUT2D eigenvalue weighted by Crippen LogP contribution is 2.33. The van der Waals surface area contributed by atoms with E-state index in [9.17, 15) is 0 Å². The van der Waals surface area contributed by atoms with Gasteiger partial charge in [-0.2, -0.15) is 0 Å². The topological polar surface area (TPSA) is 51.2 Å². The van der Waals surface area contributed by atoms with Crippen LogP contribution in [0.2, 0.25) is 5.22 Å². The molecule has 0 radical (unpaired) electrons. The zero-order valence-corrected chi connectivity index (χ0v) is 9.46. The highest BCUT2D eigenvalue weighted by molar-refractivity contribution is 6.28. The molecule has 0 saturated heterocycles. The lowest BCUT2D eigenvalue weighted by molar-refractivity contribution is 0.346. The van der Waals surface area contributed by atoms with Gasteiger partial charge >= 0.3 is 0 Å². The molecule has 1 heterocycles. The SMILES string of the molecule is NNC(CC1CCCC1)c1ccc(Cl)o1. The Morgan fingerprint density at radius 2 is 2.20 bits per heavy atom. The second kappa shape index (κ2) is 5.01. The Bertz CT molecular complexity index is 307. The summed E-state index contributed by atoms with van der Waals surface area (Å²) in [5, 5.41) is 0.427. The Balaban J connectivity index is 1.97. The Morgan fingerprint density at radius 1 is 1.47 bits per heavy atom. The first-order valence-corrected chi connectivity index (χ1v) is 5.88. The maximum atomic E-state index is 5.74. The lowest BCUT2D eigenvalue weighted by Gasteiger charge is -2.17. The van der Waals surface area contributed by atoms with Gasteiger partial charge in [0, 0.05) is 0 Å². The first-order valence-electron chi connectivity index (χ1n) is 5.51. The minimum atomic E-state index is 0.0978. The van der Waals surface area contributed by atoms with Crippen LogP contribution in [0.3, 0.4) is 0 Å². The number of nitrogens with two attached hydrogens (primary N) is 1. The molecule has 0 aromatic carbocycles. The molecule has 4 heteroatoms. The molecule has 2 rings (SSSR count). The predicted octanol–water partition coefficient (Wildman–Crippen LogP) is 3.02. The summed E-state index contributed by atoms with van der Waals surface area (Å²) in [6.45, 7) is 0. The highest BCUT2D eigenvalue weighted by atomic mass is 35.5. The van der Waals surface area contributed by atoms with E-state index in [0.717, 1.165) is 18.1 Å². The summed E-state index contributed by atoms with van der Waals surface area (Å²) in [5.74, 6) is 7.15. The van der Waals surface area contributed by atoms with Crippen LogP contribution < -0.4 is 11.3 Å². The number of halogens is 1. The van der Waals surface area contributed by atoms with E-state index < -0.39 is 0 Å². The lowest BCUT2D eigenvalue weighted by atomic mass is 9.97. The van der Waals surface area contributed by atoms with Crippen molar-refractivity contribution in [2.45, 2.75) is 38.1 Å². The fourth-order valence-corrected chi connectivity index (χ4v) is 2.51. The molecular formula is C11H17ClN2O. The summed E-state index contributed by atoms with van der Waals surface area (Å²) in [6, 6.07) is 3.75. The molecule has 1 aliphatic carbocycles. The van der Waals surface area contributed by atoms with Gasteiger partial charge in [-0.15, -0.1) is 0 Å². The molecule has 0 spiro atoms. The van der Waals surface area contributed by atoms with Crippen LogP contribution in [0.4, 0.5) is 0 Å². The Kier molecular flexibility index (Phi) is 3.67. The van der Waals surface area contributed by atoms with Gasteiger partial charge in [0.05, 0.1) is 6.04 Å². The van der Waals surface area contributed by atoms with Gasteiger partial charge in [0.1, 0.15) is 5.76 Å². The second-order valence-corrected chi connectivity index (χ2v) is 4.62. The van der Waals surface area contributed by atoms with Gasteiger partial charge in [-0.3, -0.25) is 5.84 Å². The molecule has 1 aromatic heterocycles. The minimum Gasteiger partial charge on any atom is -0.448 e. The molecule has 3 nitrogen and oxygen atoms in total. The number of hydrogen-bond acceptors (Lipinski definition) is 3. The second-order valence-electron chi connectivity index (χ2n) is 4.25. The van der Waals surface area contributed by atoms with E-state index in [0.29, 0.717) is 5.22 Å². The van der Waals surface area contributed by atoms with Gasteiger partial charge in [-0.25, -0.2) is 5.43 Å². The van der Waals surface area contributed by atoms with Gasteiger partial charge in [0.2, 0.25) is 0 Å². The normalized spacial score (nSPS) is 19.6. The maximum absolute atomic E-state index is 5.74. The quantitative estimate of drug-likeness (QED) is 0.615. The fourth-order valence-electron chi connectivity index (χ4n) is 2.36. The third-order valence-electron chi connectivity index (χ3n) is 3.18. The van der Waals surface area contributed by atoms with Crippen LogP contribution in [0.5, 0.6) is 0 Å². The zero-order valence-electron chi connectivity index (χ0n) is 8.71. The van der Waals surface area contributed by atoms with Crippen molar-refractivity contribution in [1.29, 1.82) is 0 Å². The van der Waals surface area contributed by atoms with Crippen molar-refractivity contribution in [3.63, 3.8) is 0 Å². The van der Waals surface area contributed by atoms with Crippen molar-refractivity contribution in [1.82, 2.24) is 5.43 Å². The van der Waals surface area contributed by atoms with Crippen LogP contribution in [-0.4, -0.2) is 0 Å². The third-order valence-corrected chi connectivity index (χ3v) is 3.39. The van der Waals surface area contributed by atoms with Gasteiger partial charge in [-0.1, -0.05) is 25.7 Å². The first kappa shape index (κ1) is 11.0. The molecule has 15 heavy (non-hydrogen) atoms. The van der Waals surface area contributed by atoms with Crippen molar-refractivity contribution in [2.24, 2.45) is 11.8 Å². The van der Waals surface area contributed by atoms with Crippen LogP contribution in [-0.2, 0) is 0 Å².